The molecule has 1 spiro atoms. The van der Waals surface area contributed by atoms with Crippen molar-refractivity contribution >= 4 is 11.5 Å². The summed E-state index contributed by atoms with van der Waals surface area (Å²) in [6.07, 6.45) is 6.18. The maximum Gasteiger partial charge on any atom is 0.0455 e. The van der Waals surface area contributed by atoms with Gasteiger partial charge < -0.3 is 5.32 Å². The van der Waals surface area contributed by atoms with Crippen LogP contribution >= 0.6 is 11.5 Å². The third-order valence-electron chi connectivity index (χ3n) is 3.22. The number of hydrogen-bond acceptors (Lipinski definition) is 3. The Hall–Kier alpha value is -0.410. The van der Waals surface area contributed by atoms with E-state index in [0.717, 1.165) is 6.54 Å². The van der Waals surface area contributed by atoms with E-state index >= 15 is 0 Å². The van der Waals surface area contributed by atoms with Crippen LogP contribution < -0.4 is 5.32 Å². The van der Waals surface area contributed by atoms with Crippen LogP contribution in [0.5, 0.6) is 0 Å². The van der Waals surface area contributed by atoms with Gasteiger partial charge in [0.1, 0.15) is 0 Å². The van der Waals surface area contributed by atoms with E-state index in [2.05, 4.69) is 9.69 Å². The van der Waals surface area contributed by atoms with E-state index in [9.17, 15) is 0 Å². The quantitative estimate of drug-likeness (QED) is 0.657. The molecule has 64 valence electrons. The number of fused-ring (bicyclic) bond motifs is 2. The van der Waals surface area contributed by atoms with Crippen LogP contribution in [0.25, 0.3) is 0 Å². The van der Waals surface area contributed by atoms with Crippen LogP contribution in [-0.2, 0) is 12.0 Å². The van der Waals surface area contributed by atoms with Crippen LogP contribution in [-0.4, -0.2) is 10.9 Å². The molecule has 2 aliphatic rings. The van der Waals surface area contributed by atoms with E-state index in [1.54, 1.807) is 16.4 Å². The maximum absolute atomic E-state index is 4.28. The van der Waals surface area contributed by atoms with Crippen molar-refractivity contribution in [2.75, 3.05) is 6.54 Å². The van der Waals surface area contributed by atoms with Gasteiger partial charge >= 0.3 is 0 Å². The lowest BCUT2D eigenvalue weighted by molar-refractivity contribution is 0.225. The monoisotopic (exact) mass is 180 g/mol. The van der Waals surface area contributed by atoms with Gasteiger partial charge in [-0.3, -0.25) is 0 Å². The lowest BCUT2D eigenvalue weighted by atomic mass is 9.66. The lowest BCUT2D eigenvalue weighted by Gasteiger charge is -2.44. The maximum atomic E-state index is 4.28. The van der Waals surface area contributed by atoms with Crippen LogP contribution in [0.4, 0.5) is 0 Å². The fourth-order valence-electron chi connectivity index (χ4n) is 2.35. The minimum Gasteiger partial charge on any atom is -0.312 e. The third kappa shape index (κ3) is 0.756. The summed E-state index contributed by atoms with van der Waals surface area (Å²) >= 11 is 1.72. The predicted octanol–water partition coefficient (Wildman–Crippen LogP) is 1.67. The first-order valence-electron chi connectivity index (χ1n) is 4.55. The summed E-state index contributed by atoms with van der Waals surface area (Å²) in [7, 11) is 0. The van der Waals surface area contributed by atoms with Crippen LogP contribution in [0.15, 0.2) is 6.20 Å². The Kier molecular flexibility index (Phi) is 1.35. The first-order chi connectivity index (χ1) is 5.91. The second-order valence-corrected chi connectivity index (χ2v) is 4.72. The van der Waals surface area contributed by atoms with E-state index in [-0.39, 0.29) is 0 Å². The van der Waals surface area contributed by atoms with Crippen molar-refractivity contribution in [2.24, 2.45) is 0 Å². The minimum absolute atomic E-state index is 0.509. The zero-order valence-electron chi connectivity index (χ0n) is 6.97. The Labute approximate surface area is 76.2 Å². The Morgan fingerprint density at radius 2 is 2.42 bits per heavy atom. The number of aromatic nitrogens is 1. The number of hydrogen-bond donors (Lipinski definition) is 1. The predicted molar refractivity (Wildman–Crippen MR) is 49.3 cm³/mol. The highest BCUT2D eigenvalue weighted by Crippen LogP contribution is 2.47. The molecule has 2 heterocycles. The summed E-state index contributed by atoms with van der Waals surface area (Å²) < 4.78 is 4.28. The number of nitrogens with zero attached hydrogens (tertiary/aromatic N) is 1. The van der Waals surface area contributed by atoms with Gasteiger partial charge in [0.2, 0.25) is 0 Å². The van der Waals surface area contributed by atoms with E-state index < -0.39 is 0 Å². The second-order valence-electron chi connectivity index (χ2n) is 3.92. The summed E-state index contributed by atoms with van der Waals surface area (Å²) in [4.78, 5) is 1.58. The fourth-order valence-corrected chi connectivity index (χ4v) is 3.34. The molecular formula is C9H12N2S. The van der Waals surface area contributed by atoms with Gasteiger partial charge in [0.15, 0.2) is 0 Å². The second kappa shape index (κ2) is 2.30. The van der Waals surface area contributed by atoms with E-state index in [4.69, 9.17) is 0 Å². The standard InChI is InChI=1S/C9H12N2S/c1-2-9(3-1)6-10-4-7-5-11-12-8(7)9/h5,10H,1-4,6H2. The molecule has 1 fully saturated rings. The summed E-state index contributed by atoms with van der Waals surface area (Å²) in [5, 5.41) is 3.49. The van der Waals surface area contributed by atoms with Crippen LogP contribution in [0, 0.1) is 0 Å². The van der Waals surface area contributed by atoms with Crippen LogP contribution in [0.1, 0.15) is 29.7 Å². The highest BCUT2D eigenvalue weighted by atomic mass is 32.1. The molecule has 0 radical (unpaired) electrons. The third-order valence-corrected chi connectivity index (χ3v) is 4.30. The lowest BCUT2D eigenvalue weighted by Crippen LogP contribution is -2.46. The molecule has 1 N–H and O–H groups in total. The van der Waals surface area contributed by atoms with Gasteiger partial charge in [-0.05, 0) is 24.4 Å². The Bertz CT molecular complexity index is 301. The Morgan fingerprint density at radius 1 is 1.50 bits per heavy atom. The average Bonchev–Trinajstić information content (AvgIpc) is 2.47. The highest BCUT2D eigenvalue weighted by molar-refractivity contribution is 7.06. The highest BCUT2D eigenvalue weighted by Gasteiger charge is 2.43. The van der Waals surface area contributed by atoms with Gasteiger partial charge in [-0.2, -0.15) is 0 Å². The molecular weight excluding hydrogens is 168 g/mol. The molecule has 0 unspecified atom stereocenters. The van der Waals surface area contributed by atoms with Crippen LogP contribution in [0.2, 0.25) is 0 Å². The van der Waals surface area contributed by atoms with Crippen molar-refractivity contribution in [3.63, 3.8) is 0 Å². The SMILES string of the molecule is c1nsc2c1CNCC21CCC1. The normalized spacial score (nSPS) is 25.0. The topological polar surface area (TPSA) is 24.9 Å². The summed E-state index contributed by atoms with van der Waals surface area (Å²) in [6.45, 7) is 2.22. The molecule has 1 aliphatic heterocycles. The van der Waals surface area contributed by atoms with Crippen LogP contribution in [0.3, 0.4) is 0 Å². The van der Waals surface area contributed by atoms with Gasteiger partial charge in [-0.15, -0.1) is 0 Å². The molecule has 0 saturated heterocycles. The molecule has 2 nitrogen and oxygen atoms in total. The first-order valence-corrected chi connectivity index (χ1v) is 5.33. The number of rotatable bonds is 0. The molecule has 1 saturated carbocycles. The molecule has 12 heavy (non-hydrogen) atoms. The fraction of sp³-hybridized carbons (Fsp3) is 0.667. The molecule has 0 aromatic carbocycles. The molecule has 1 aromatic heterocycles. The molecule has 3 rings (SSSR count). The molecule has 0 atom stereocenters. The van der Waals surface area contributed by atoms with Gasteiger partial charge in [0.25, 0.3) is 0 Å². The van der Waals surface area contributed by atoms with Crippen molar-refractivity contribution in [2.45, 2.75) is 31.2 Å². The largest absolute Gasteiger partial charge is 0.312 e. The van der Waals surface area contributed by atoms with Gasteiger partial charge in [-0.1, -0.05) is 6.42 Å². The van der Waals surface area contributed by atoms with Crippen molar-refractivity contribution < 1.29 is 0 Å². The Morgan fingerprint density at radius 3 is 3.17 bits per heavy atom. The molecule has 1 aliphatic carbocycles. The summed E-state index contributed by atoms with van der Waals surface area (Å²) in [5.41, 5.74) is 1.96. The zero-order chi connectivity index (χ0) is 8.02. The smallest absolute Gasteiger partial charge is 0.0455 e. The first kappa shape index (κ1) is 7.04. The van der Waals surface area contributed by atoms with Gasteiger partial charge in [-0.25, -0.2) is 4.37 Å². The van der Waals surface area contributed by atoms with E-state index in [1.807, 2.05) is 6.20 Å². The molecule has 1 aromatic rings. The van der Waals surface area contributed by atoms with Gasteiger partial charge in [0.05, 0.1) is 0 Å². The van der Waals surface area contributed by atoms with E-state index in [0.29, 0.717) is 5.41 Å². The van der Waals surface area contributed by atoms with Gasteiger partial charge in [0, 0.05) is 35.1 Å². The number of nitrogens with one attached hydrogen (secondary N) is 1. The van der Waals surface area contributed by atoms with E-state index in [1.165, 1.54) is 31.4 Å². The zero-order valence-corrected chi connectivity index (χ0v) is 7.78. The molecule has 0 bridgehead atoms. The Balaban J connectivity index is 2.09. The summed E-state index contributed by atoms with van der Waals surface area (Å²) in [6, 6.07) is 0. The van der Waals surface area contributed by atoms with Crippen molar-refractivity contribution in [1.29, 1.82) is 0 Å². The van der Waals surface area contributed by atoms with Crippen molar-refractivity contribution in [3.8, 4) is 0 Å². The minimum atomic E-state index is 0.509. The molecule has 0 amide bonds. The molecule has 3 heteroatoms. The average molecular weight is 180 g/mol. The summed E-state index contributed by atoms with van der Waals surface area (Å²) in [5.74, 6) is 0. The van der Waals surface area contributed by atoms with Crippen molar-refractivity contribution in [3.05, 3.63) is 16.6 Å². The van der Waals surface area contributed by atoms with Crippen molar-refractivity contribution in [1.82, 2.24) is 9.69 Å².